The number of hydrogen-bond acceptors (Lipinski definition) is 5. The molecule has 0 aliphatic carbocycles. The highest BCUT2D eigenvalue weighted by Gasteiger charge is 2.25. The molecule has 6 heteroatoms. The van der Waals surface area contributed by atoms with Gasteiger partial charge in [0.1, 0.15) is 11.8 Å². The lowest BCUT2D eigenvalue weighted by molar-refractivity contribution is -0.898. The number of nitriles is 1. The summed E-state index contributed by atoms with van der Waals surface area (Å²) >= 11 is 0. The number of ether oxygens (including phenoxy) is 1. The summed E-state index contributed by atoms with van der Waals surface area (Å²) in [5.41, 5.74) is 1.53. The Labute approximate surface area is 142 Å². The van der Waals surface area contributed by atoms with Gasteiger partial charge in [-0.15, -0.1) is 0 Å². The van der Waals surface area contributed by atoms with E-state index in [1.165, 1.54) is 5.56 Å². The van der Waals surface area contributed by atoms with Gasteiger partial charge in [0.05, 0.1) is 32.7 Å². The van der Waals surface area contributed by atoms with E-state index in [9.17, 15) is 5.26 Å². The zero-order valence-corrected chi connectivity index (χ0v) is 14.2. The van der Waals surface area contributed by atoms with E-state index in [1.807, 2.05) is 31.2 Å². The normalized spacial score (nSPS) is 15.3. The fraction of sp³-hybridized carbons (Fsp3) is 0.444. The minimum absolute atomic E-state index is 0.220. The summed E-state index contributed by atoms with van der Waals surface area (Å²) < 4.78 is 11.5. The predicted molar refractivity (Wildman–Crippen MR) is 90.2 cm³/mol. The molecule has 1 N–H and O–H groups in total. The van der Waals surface area contributed by atoms with Crippen molar-refractivity contribution in [3.8, 4) is 11.8 Å². The minimum Gasteiger partial charge on any atom is -0.484 e. The van der Waals surface area contributed by atoms with Crippen molar-refractivity contribution in [2.45, 2.75) is 20.5 Å². The van der Waals surface area contributed by atoms with E-state index in [0.29, 0.717) is 17.5 Å². The maximum atomic E-state index is 9.33. The molecule has 0 bridgehead atoms. The lowest BCUT2D eigenvalue weighted by Crippen LogP contribution is -3.14. The van der Waals surface area contributed by atoms with E-state index in [1.54, 1.807) is 4.90 Å². The monoisotopic (exact) mass is 327 g/mol. The topological polar surface area (TPSA) is 66.7 Å². The van der Waals surface area contributed by atoms with Gasteiger partial charge in [0, 0.05) is 0 Å². The quantitative estimate of drug-likeness (QED) is 0.893. The highest BCUT2D eigenvalue weighted by atomic mass is 16.5. The Kier molecular flexibility index (Phi) is 5.02. The summed E-state index contributed by atoms with van der Waals surface area (Å²) in [7, 11) is 0. The largest absolute Gasteiger partial charge is 0.484 e. The van der Waals surface area contributed by atoms with Crippen LogP contribution < -0.4 is 14.5 Å². The minimum atomic E-state index is 0.220. The first-order valence-corrected chi connectivity index (χ1v) is 8.37. The first kappa shape index (κ1) is 16.3. The third-order valence-electron chi connectivity index (χ3n) is 4.40. The Bertz CT molecular complexity index is 710. The van der Waals surface area contributed by atoms with Crippen molar-refractivity contribution in [3.63, 3.8) is 0 Å². The van der Waals surface area contributed by atoms with Gasteiger partial charge in [-0.3, -0.25) is 0 Å². The van der Waals surface area contributed by atoms with E-state index >= 15 is 0 Å². The van der Waals surface area contributed by atoms with Crippen LogP contribution in [0.25, 0.3) is 0 Å². The summed E-state index contributed by atoms with van der Waals surface area (Å²) in [6.45, 7) is 9.44. The zero-order valence-electron chi connectivity index (χ0n) is 14.2. The summed E-state index contributed by atoms with van der Waals surface area (Å²) in [6.07, 6.45) is 0. The van der Waals surface area contributed by atoms with Gasteiger partial charge in [0.25, 0.3) is 0 Å². The van der Waals surface area contributed by atoms with Crippen molar-refractivity contribution in [2.75, 3.05) is 37.6 Å². The molecule has 1 aliphatic rings. The van der Waals surface area contributed by atoms with Gasteiger partial charge in [-0.1, -0.05) is 17.7 Å². The Balaban J connectivity index is 1.66. The van der Waals surface area contributed by atoms with Gasteiger partial charge >= 0.3 is 0 Å². The van der Waals surface area contributed by atoms with Gasteiger partial charge in [-0.25, -0.2) is 0 Å². The standard InChI is InChI=1S/C18H22N4O2/c1-3-21-8-10-22(11-9-21)18-16(12-19)20-17(24-18)13-23-15-6-4-14(2)5-7-15/h4-7H,3,8-11,13H2,1-2H3/p+1. The Morgan fingerprint density at radius 2 is 2.00 bits per heavy atom. The number of likely N-dealkylation sites (N-methyl/N-ethyl adjacent to an activating group) is 1. The molecule has 1 aromatic carbocycles. The fourth-order valence-corrected chi connectivity index (χ4v) is 2.86. The Morgan fingerprint density at radius 1 is 1.29 bits per heavy atom. The number of aryl methyl sites for hydroxylation is 1. The maximum absolute atomic E-state index is 9.33. The number of piperazine rings is 1. The third kappa shape index (κ3) is 3.69. The third-order valence-corrected chi connectivity index (χ3v) is 4.40. The number of hydrogen-bond donors (Lipinski definition) is 1. The average molecular weight is 327 g/mol. The molecule has 2 aromatic rings. The van der Waals surface area contributed by atoms with Crippen LogP contribution in [0.4, 0.5) is 5.88 Å². The van der Waals surface area contributed by atoms with Crippen molar-refractivity contribution in [1.82, 2.24) is 4.98 Å². The van der Waals surface area contributed by atoms with Crippen molar-refractivity contribution < 1.29 is 14.1 Å². The second kappa shape index (κ2) is 7.37. The molecule has 1 fully saturated rings. The van der Waals surface area contributed by atoms with Crippen LogP contribution >= 0.6 is 0 Å². The molecule has 0 amide bonds. The molecule has 0 saturated carbocycles. The summed E-state index contributed by atoms with van der Waals surface area (Å²) in [4.78, 5) is 7.96. The second-order valence-corrected chi connectivity index (χ2v) is 6.07. The molecule has 0 atom stereocenters. The van der Waals surface area contributed by atoms with E-state index in [-0.39, 0.29) is 6.61 Å². The van der Waals surface area contributed by atoms with Crippen molar-refractivity contribution in [2.24, 2.45) is 0 Å². The van der Waals surface area contributed by atoms with Crippen molar-refractivity contribution in [1.29, 1.82) is 5.26 Å². The Morgan fingerprint density at radius 3 is 2.62 bits per heavy atom. The summed E-state index contributed by atoms with van der Waals surface area (Å²) in [5, 5.41) is 9.33. The van der Waals surface area contributed by atoms with Crippen LogP contribution in [0.15, 0.2) is 28.7 Å². The van der Waals surface area contributed by atoms with Crippen LogP contribution in [-0.4, -0.2) is 37.7 Å². The number of anilines is 1. The first-order chi connectivity index (χ1) is 11.7. The zero-order chi connectivity index (χ0) is 16.9. The molecule has 1 aromatic heterocycles. The number of oxazole rings is 1. The molecular weight excluding hydrogens is 304 g/mol. The Hall–Kier alpha value is -2.52. The fourth-order valence-electron chi connectivity index (χ4n) is 2.86. The number of nitrogens with zero attached hydrogens (tertiary/aromatic N) is 3. The van der Waals surface area contributed by atoms with E-state index in [4.69, 9.17) is 9.15 Å². The highest BCUT2D eigenvalue weighted by molar-refractivity contribution is 5.48. The van der Waals surface area contributed by atoms with E-state index in [0.717, 1.165) is 38.5 Å². The SMILES string of the molecule is CC[NH+]1CCN(c2oc(COc3ccc(C)cc3)nc2C#N)CC1. The van der Waals surface area contributed by atoms with Gasteiger partial charge in [0.2, 0.25) is 17.5 Å². The molecule has 6 nitrogen and oxygen atoms in total. The molecule has 3 rings (SSSR count). The molecule has 24 heavy (non-hydrogen) atoms. The highest BCUT2D eigenvalue weighted by Crippen LogP contribution is 2.23. The van der Waals surface area contributed by atoms with Crippen LogP contribution in [0, 0.1) is 18.3 Å². The van der Waals surface area contributed by atoms with Gasteiger partial charge in [0.15, 0.2) is 6.61 Å². The molecule has 0 radical (unpaired) electrons. The molecule has 1 aliphatic heterocycles. The van der Waals surface area contributed by atoms with Gasteiger partial charge < -0.3 is 19.0 Å². The van der Waals surface area contributed by atoms with Crippen LogP contribution in [-0.2, 0) is 6.61 Å². The lowest BCUT2D eigenvalue weighted by Gasteiger charge is -2.31. The predicted octanol–water partition coefficient (Wildman–Crippen LogP) is 1.16. The average Bonchev–Trinajstić information content (AvgIpc) is 3.04. The maximum Gasteiger partial charge on any atom is 0.236 e. The lowest BCUT2D eigenvalue weighted by atomic mass is 10.2. The van der Waals surface area contributed by atoms with Crippen LogP contribution in [0.5, 0.6) is 5.75 Å². The van der Waals surface area contributed by atoms with Gasteiger partial charge in [-0.2, -0.15) is 10.2 Å². The van der Waals surface area contributed by atoms with E-state index < -0.39 is 0 Å². The molecular formula is C18H23N4O2+. The summed E-state index contributed by atoms with van der Waals surface area (Å²) in [5.74, 6) is 1.78. The summed E-state index contributed by atoms with van der Waals surface area (Å²) in [6, 6.07) is 9.95. The first-order valence-electron chi connectivity index (χ1n) is 8.37. The van der Waals surface area contributed by atoms with Crippen molar-refractivity contribution in [3.05, 3.63) is 41.4 Å². The number of quaternary nitrogens is 1. The van der Waals surface area contributed by atoms with Crippen LogP contribution in [0.1, 0.15) is 24.1 Å². The molecule has 0 spiro atoms. The number of benzene rings is 1. The van der Waals surface area contributed by atoms with E-state index in [2.05, 4.69) is 22.9 Å². The van der Waals surface area contributed by atoms with Crippen molar-refractivity contribution >= 4 is 5.88 Å². The number of rotatable bonds is 5. The number of aromatic nitrogens is 1. The second-order valence-electron chi connectivity index (χ2n) is 6.07. The van der Waals surface area contributed by atoms with Crippen LogP contribution in [0.2, 0.25) is 0 Å². The number of nitrogens with one attached hydrogen (secondary N) is 1. The molecule has 126 valence electrons. The smallest absolute Gasteiger partial charge is 0.236 e. The van der Waals surface area contributed by atoms with Crippen LogP contribution in [0.3, 0.4) is 0 Å². The van der Waals surface area contributed by atoms with Gasteiger partial charge in [-0.05, 0) is 26.0 Å². The molecule has 1 saturated heterocycles. The molecule has 0 unspecified atom stereocenters. The molecule has 2 heterocycles.